The molecule has 1 aromatic carbocycles. The van der Waals surface area contributed by atoms with E-state index in [1.807, 2.05) is 0 Å². The number of alkyl halides is 3. The first kappa shape index (κ1) is 20.6. The van der Waals surface area contributed by atoms with E-state index in [4.69, 9.17) is 9.47 Å². The van der Waals surface area contributed by atoms with Crippen LogP contribution in [-0.4, -0.2) is 46.6 Å². The third-order valence-corrected chi connectivity index (χ3v) is 3.49. The standard InChI is InChI=1S/C17H19F3N2O5/c1-15(2,3)27-14(24)13(23)22-16(25,17(18,19)20)9-12(21-22)10-6-5-7-11(8-10)26-4/h5-9,21,25H,1-4H3/t16-/m1/s1. The first-order chi connectivity index (χ1) is 12.3. The lowest BCUT2D eigenvalue weighted by Gasteiger charge is -2.33. The zero-order chi connectivity index (χ0) is 20.6. The molecule has 1 aliphatic rings. The van der Waals surface area contributed by atoms with Crippen LogP contribution in [0.15, 0.2) is 30.3 Å². The molecule has 0 radical (unpaired) electrons. The molecule has 0 aliphatic carbocycles. The number of ether oxygens (including phenoxy) is 2. The van der Waals surface area contributed by atoms with Gasteiger partial charge in [-0.3, -0.25) is 10.2 Å². The normalized spacial score (nSPS) is 20.0. The highest BCUT2D eigenvalue weighted by Gasteiger charge is 2.62. The Morgan fingerprint density at radius 1 is 1.22 bits per heavy atom. The molecular weight excluding hydrogens is 369 g/mol. The second kappa shape index (κ2) is 6.76. The number of hydrogen-bond donors (Lipinski definition) is 2. The summed E-state index contributed by atoms with van der Waals surface area (Å²) in [6.07, 6.45) is -4.87. The summed E-state index contributed by atoms with van der Waals surface area (Å²) in [5.74, 6) is -2.89. The molecule has 2 rings (SSSR count). The van der Waals surface area contributed by atoms with Gasteiger partial charge in [0.05, 0.1) is 12.8 Å². The molecule has 1 amide bonds. The van der Waals surface area contributed by atoms with Crippen LogP contribution in [0.25, 0.3) is 5.70 Å². The summed E-state index contributed by atoms with van der Waals surface area (Å²) >= 11 is 0. The maximum Gasteiger partial charge on any atom is 0.442 e. The summed E-state index contributed by atoms with van der Waals surface area (Å²) in [5, 5.41) is 9.97. The van der Waals surface area contributed by atoms with Crippen LogP contribution in [0, 0.1) is 0 Å². The molecule has 0 unspecified atom stereocenters. The number of amides is 1. The minimum absolute atomic E-state index is 0.199. The quantitative estimate of drug-likeness (QED) is 0.595. The minimum atomic E-state index is -5.28. The maximum absolute atomic E-state index is 13.5. The van der Waals surface area contributed by atoms with Crippen LogP contribution in [0.3, 0.4) is 0 Å². The summed E-state index contributed by atoms with van der Waals surface area (Å²) in [6, 6.07) is 5.93. The van der Waals surface area contributed by atoms with E-state index in [0.29, 0.717) is 11.8 Å². The van der Waals surface area contributed by atoms with Gasteiger partial charge in [0.15, 0.2) is 0 Å². The molecule has 0 spiro atoms. The highest BCUT2D eigenvalue weighted by Crippen LogP contribution is 2.40. The number of halogens is 3. The van der Waals surface area contributed by atoms with E-state index >= 15 is 0 Å². The van der Waals surface area contributed by atoms with Gasteiger partial charge in [-0.15, -0.1) is 0 Å². The number of methoxy groups -OCH3 is 1. The predicted octanol–water partition coefficient (Wildman–Crippen LogP) is 1.98. The fraction of sp³-hybridized carbons (Fsp3) is 0.412. The number of esters is 1. The molecule has 0 aromatic heterocycles. The van der Waals surface area contributed by atoms with Crippen molar-refractivity contribution in [1.29, 1.82) is 0 Å². The Morgan fingerprint density at radius 2 is 1.85 bits per heavy atom. The summed E-state index contributed by atoms with van der Waals surface area (Å²) < 4.78 is 50.3. The minimum Gasteiger partial charge on any atom is -0.497 e. The maximum atomic E-state index is 13.5. The van der Waals surface area contributed by atoms with Gasteiger partial charge in [0.1, 0.15) is 11.4 Å². The number of nitrogens with zero attached hydrogens (tertiary/aromatic N) is 1. The molecule has 2 N–H and O–H groups in total. The smallest absolute Gasteiger partial charge is 0.442 e. The zero-order valence-corrected chi connectivity index (χ0v) is 15.0. The predicted molar refractivity (Wildman–Crippen MR) is 87.8 cm³/mol. The molecule has 0 saturated carbocycles. The van der Waals surface area contributed by atoms with Crippen molar-refractivity contribution in [3.8, 4) is 5.75 Å². The van der Waals surface area contributed by atoms with Crippen molar-refractivity contribution in [2.45, 2.75) is 38.3 Å². The average molecular weight is 388 g/mol. The highest BCUT2D eigenvalue weighted by atomic mass is 19.4. The van der Waals surface area contributed by atoms with E-state index in [1.54, 1.807) is 6.07 Å². The van der Waals surface area contributed by atoms with Crippen molar-refractivity contribution in [3.05, 3.63) is 35.9 Å². The van der Waals surface area contributed by atoms with Crippen LogP contribution in [0.4, 0.5) is 13.2 Å². The molecule has 1 aliphatic heterocycles. The number of carbonyl (C=O) groups is 2. The lowest BCUT2D eigenvalue weighted by molar-refractivity contribution is -0.288. The van der Waals surface area contributed by atoms with Gasteiger partial charge in [0.25, 0.3) is 5.72 Å². The van der Waals surface area contributed by atoms with Crippen LogP contribution in [0.5, 0.6) is 5.75 Å². The Labute approximate surface area is 153 Å². The van der Waals surface area contributed by atoms with Gasteiger partial charge in [-0.25, -0.2) is 9.80 Å². The molecule has 0 fully saturated rings. The Bertz CT molecular complexity index is 786. The zero-order valence-electron chi connectivity index (χ0n) is 15.0. The van der Waals surface area contributed by atoms with Crippen molar-refractivity contribution in [3.63, 3.8) is 0 Å². The Balaban J connectivity index is 2.42. The number of nitrogens with one attached hydrogen (secondary N) is 1. The highest BCUT2D eigenvalue weighted by molar-refractivity contribution is 6.32. The lowest BCUT2D eigenvalue weighted by Crippen LogP contribution is -2.62. The molecule has 10 heteroatoms. The van der Waals surface area contributed by atoms with Gasteiger partial charge in [-0.2, -0.15) is 13.2 Å². The van der Waals surface area contributed by atoms with Crippen molar-refractivity contribution >= 4 is 17.6 Å². The van der Waals surface area contributed by atoms with Crippen LogP contribution < -0.4 is 10.2 Å². The van der Waals surface area contributed by atoms with E-state index in [1.165, 1.54) is 46.1 Å². The molecule has 1 atom stereocenters. The Morgan fingerprint density at radius 3 is 2.37 bits per heavy atom. The number of hydrazine groups is 1. The summed E-state index contributed by atoms with van der Waals surface area (Å²) in [4.78, 5) is 24.2. The van der Waals surface area contributed by atoms with Gasteiger partial charge < -0.3 is 14.6 Å². The Kier molecular flexibility index (Phi) is 5.15. The molecule has 27 heavy (non-hydrogen) atoms. The molecular formula is C17H19F3N2O5. The van der Waals surface area contributed by atoms with E-state index in [2.05, 4.69) is 5.43 Å². The third kappa shape index (κ3) is 4.16. The van der Waals surface area contributed by atoms with Gasteiger partial charge >= 0.3 is 18.1 Å². The SMILES string of the molecule is COc1cccc(C2=C[C@@](O)(C(F)(F)F)N(C(=O)C(=O)OC(C)(C)C)N2)c1. The van der Waals surface area contributed by atoms with Gasteiger partial charge in [0.2, 0.25) is 0 Å². The van der Waals surface area contributed by atoms with Gasteiger partial charge in [-0.05, 0) is 32.9 Å². The number of hydrogen-bond acceptors (Lipinski definition) is 6. The second-order valence-electron chi connectivity index (χ2n) is 6.77. The van der Waals surface area contributed by atoms with Crippen LogP contribution >= 0.6 is 0 Å². The van der Waals surface area contributed by atoms with Crippen molar-refractivity contribution in [2.24, 2.45) is 0 Å². The van der Waals surface area contributed by atoms with E-state index in [9.17, 15) is 27.9 Å². The number of rotatable bonds is 2. The number of benzene rings is 1. The summed E-state index contributed by atoms with van der Waals surface area (Å²) in [6.45, 7) is 4.35. The first-order valence-electron chi connectivity index (χ1n) is 7.79. The fourth-order valence-electron chi connectivity index (χ4n) is 2.27. The number of aliphatic hydroxyl groups is 1. The Hall–Kier alpha value is -2.75. The molecule has 1 aromatic rings. The van der Waals surface area contributed by atoms with E-state index < -0.39 is 29.4 Å². The first-order valence-corrected chi connectivity index (χ1v) is 7.79. The lowest BCUT2D eigenvalue weighted by atomic mass is 10.1. The topological polar surface area (TPSA) is 88.1 Å². The van der Waals surface area contributed by atoms with Crippen LogP contribution in [0.1, 0.15) is 26.3 Å². The second-order valence-corrected chi connectivity index (χ2v) is 6.77. The fourth-order valence-corrected chi connectivity index (χ4v) is 2.27. The molecule has 148 valence electrons. The van der Waals surface area contributed by atoms with Gasteiger partial charge in [0, 0.05) is 11.6 Å². The van der Waals surface area contributed by atoms with E-state index in [0.717, 1.165) is 0 Å². The van der Waals surface area contributed by atoms with Crippen molar-refractivity contribution < 1.29 is 37.3 Å². The molecule has 7 nitrogen and oxygen atoms in total. The largest absolute Gasteiger partial charge is 0.497 e. The van der Waals surface area contributed by atoms with Crippen LogP contribution in [0.2, 0.25) is 0 Å². The van der Waals surface area contributed by atoms with Crippen molar-refractivity contribution in [1.82, 2.24) is 10.4 Å². The van der Waals surface area contributed by atoms with Crippen molar-refractivity contribution in [2.75, 3.05) is 7.11 Å². The average Bonchev–Trinajstić information content (AvgIpc) is 2.91. The summed E-state index contributed by atoms with van der Waals surface area (Å²) in [7, 11) is 1.37. The molecule has 0 saturated heterocycles. The monoisotopic (exact) mass is 388 g/mol. The van der Waals surface area contributed by atoms with Gasteiger partial charge in [-0.1, -0.05) is 12.1 Å². The molecule has 0 bridgehead atoms. The van der Waals surface area contributed by atoms with Crippen LogP contribution in [-0.2, 0) is 14.3 Å². The molecule has 1 heterocycles. The third-order valence-electron chi connectivity index (χ3n) is 3.49. The number of carbonyl (C=O) groups excluding carboxylic acids is 2. The van der Waals surface area contributed by atoms with E-state index in [-0.39, 0.29) is 16.3 Å². The summed E-state index contributed by atoms with van der Waals surface area (Å²) in [5.41, 5.74) is -2.73.